The zero-order valence-electron chi connectivity index (χ0n) is 14.5. The lowest BCUT2D eigenvalue weighted by Gasteiger charge is -2.27. The molecule has 0 radical (unpaired) electrons. The van der Waals surface area contributed by atoms with Gasteiger partial charge < -0.3 is 19.5 Å². The topological polar surface area (TPSA) is 104 Å². The van der Waals surface area contributed by atoms with Crippen molar-refractivity contribution in [1.82, 2.24) is 4.98 Å². The minimum absolute atomic E-state index is 0.0108. The Bertz CT molecular complexity index is 653. The molecule has 0 saturated heterocycles. The van der Waals surface area contributed by atoms with Crippen LogP contribution in [0.1, 0.15) is 31.2 Å². The average molecular weight is 350 g/mol. The molecular weight excluding hydrogens is 328 g/mol. The van der Waals surface area contributed by atoms with Crippen LogP contribution in [0.15, 0.2) is 12.3 Å². The fraction of sp³-hybridized carbons (Fsp3) is 0.529. The lowest BCUT2D eigenvalue weighted by molar-refractivity contribution is -0.150. The highest BCUT2D eigenvalue weighted by molar-refractivity contribution is 6.37. The smallest absolute Gasteiger partial charge is 0.396 e. The van der Waals surface area contributed by atoms with E-state index in [9.17, 15) is 14.4 Å². The molecule has 136 valence electrons. The molecule has 1 fully saturated rings. The van der Waals surface area contributed by atoms with Crippen LogP contribution in [0.2, 0.25) is 0 Å². The highest BCUT2D eigenvalue weighted by atomic mass is 16.5. The third-order valence-electron chi connectivity index (χ3n) is 4.20. The molecule has 2 rings (SSSR count). The van der Waals surface area contributed by atoms with Crippen molar-refractivity contribution in [2.24, 2.45) is 5.92 Å². The molecule has 1 amide bonds. The first kappa shape index (κ1) is 18.7. The van der Waals surface area contributed by atoms with E-state index in [-0.39, 0.29) is 18.0 Å². The molecule has 0 aliphatic heterocycles. The van der Waals surface area contributed by atoms with Crippen LogP contribution in [0, 0.1) is 12.8 Å². The van der Waals surface area contributed by atoms with Gasteiger partial charge in [0.25, 0.3) is 0 Å². The number of nitrogens with one attached hydrogen (secondary N) is 1. The number of nitrogens with zero attached hydrogens (tertiary/aromatic N) is 1. The maximum absolute atomic E-state index is 11.5. The standard InChI is InChI=1S/C17H22N2O6/c1-10-8-14(18-9-13(10)19-15(20)17(22)24-3)25-12-6-4-11(5-7-12)16(21)23-2/h8-9,11-12H,4-7H2,1-3H3,(H,19,20)/t11-,12+. The first-order chi connectivity index (χ1) is 11.9. The summed E-state index contributed by atoms with van der Waals surface area (Å²) in [7, 11) is 2.54. The van der Waals surface area contributed by atoms with Crippen LogP contribution < -0.4 is 10.1 Å². The Morgan fingerprint density at radius 2 is 1.80 bits per heavy atom. The summed E-state index contributed by atoms with van der Waals surface area (Å²) < 4.78 is 15.0. The Morgan fingerprint density at radius 3 is 2.36 bits per heavy atom. The number of aryl methyl sites for hydroxylation is 1. The Morgan fingerprint density at radius 1 is 1.12 bits per heavy atom. The molecule has 0 aromatic carbocycles. The fourth-order valence-corrected chi connectivity index (χ4v) is 2.75. The molecule has 0 unspecified atom stereocenters. The molecule has 8 nitrogen and oxygen atoms in total. The van der Waals surface area contributed by atoms with Crippen LogP contribution in [0.25, 0.3) is 0 Å². The van der Waals surface area contributed by atoms with Crippen LogP contribution in [0.3, 0.4) is 0 Å². The Kier molecular flexibility index (Phi) is 6.32. The van der Waals surface area contributed by atoms with Gasteiger partial charge in [0.2, 0.25) is 5.88 Å². The number of aromatic nitrogens is 1. The Hall–Kier alpha value is -2.64. The molecule has 1 heterocycles. The van der Waals surface area contributed by atoms with Gasteiger partial charge in [-0.05, 0) is 38.2 Å². The summed E-state index contributed by atoms with van der Waals surface area (Å²) >= 11 is 0. The molecule has 1 N–H and O–H groups in total. The lowest BCUT2D eigenvalue weighted by atomic mass is 9.87. The van der Waals surface area contributed by atoms with Gasteiger partial charge in [0.05, 0.1) is 32.0 Å². The van der Waals surface area contributed by atoms with E-state index in [2.05, 4.69) is 15.0 Å². The molecule has 0 bridgehead atoms. The molecule has 25 heavy (non-hydrogen) atoms. The summed E-state index contributed by atoms with van der Waals surface area (Å²) in [4.78, 5) is 38.4. The second-order valence-corrected chi connectivity index (χ2v) is 5.90. The lowest BCUT2D eigenvalue weighted by Crippen LogP contribution is -2.29. The van der Waals surface area contributed by atoms with Crippen LogP contribution >= 0.6 is 0 Å². The number of hydrogen-bond donors (Lipinski definition) is 1. The maximum Gasteiger partial charge on any atom is 0.396 e. The number of carbonyl (C=O) groups is 3. The van der Waals surface area contributed by atoms with Gasteiger partial charge in [-0.15, -0.1) is 0 Å². The summed E-state index contributed by atoms with van der Waals surface area (Å²) in [6, 6.07) is 1.69. The highest BCUT2D eigenvalue weighted by Crippen LogP contribution is 2.28. The van der Waals surface area contributed by atoms with Gasteiger partial charge in [0.15, 0.2) is 0 Å². The minimum atomic E-state index is -0.970. The first-order valence-electron chi connectivity index (χ1n) is 8.05. The normalized spacial score (nSPS) is 19.6. The highest BCUT2D eigenvalue weighted by Gasteiger charge is 2.28. The summed E-state index contributed by atoms with van der Waals surface area (Å²) in [5.41, 5.74) is 1.13. The van der Waals surface area contributed by atoms with E-state index in [1.54, 1.807) is 13.0 Å². The quantitative estimate of drug-likeness (QED) is 0.650. The summed E-state index contributed by atoms with van der Waals surface area (Å²) in [6.07, 6.45) is 4.38. The number of carbonyl (C=O) groups excluding carboxylic acids is 3. The van der Waals surface area contributed by atoms with Crippen molar-refractivity contribution >= 4 is 23.5 Å². The number of amides is 1. The summed E-state index contributed by atoms with van der Waals surface area (Å²) in [5.74, 6) is -1.62. The largest absolute Gasteiger partial charge is 0.474 e. The molecule has 1 saturated carbocycles. The minimum Gasteiger partial charge on any atom is -0.474 e. The monoisotopic (exact) mass is 350 g/mol. The van der Waals surface area contributed by atoms with E-state index in [0.717, 1.165) is 32.8 Å². The predicted molar refractivity (Wildman–Crippen MR) is 88.0 cm³/mol. The zero-order valence-corrected chi connectivity index (χ0v) is 14.5. The van der Waals surface area contributed by atoms with Gasteiger partial charge in [-0.2, -0.15) is 0 Å². The van der Waals surface area contributed by atoms with E-state index in [0.29, 0.717) is 17.1 Å². The van der Waals surface area contributed by atoms with E-state index in [1.807, 2.05) is 0 Å². The SMILES string of the molecule is COC(=O)C(=O)Nc1cnc(O[C@H]2CC[C@@H](C(=O)OC)CC2)cc1C. The van der Waals surface area contributed by atoms with E-state index in [1.165, 1.54) is 13.3 Å². The third kappa shape index (κ3) is 4.91. The maximum atomic E-state index is 11.5. The Labute approximate surface area is 145 Å². The van der Waals surface area contributed by atoms with E-state index >= 15 is 0 Å². The van der Waals surface area contributed by atoms with Gasteiger partial charge in [0.1, 0.15) is 6.10 Å². The van der Waals surface area contributed by atoms with Crippen molar-refractivity contribution in [1.29, 1.82) is 0 Å². The molecule has 1 aliphatic carbocycles. The van der Waals surface area contributed by atoms with Crippen molar-refractivity contribution in [3.8, 4) is 5.88 Å². The number of methoxy groups -OCH3 is 2. The summed E-state index contributed by atoms with van der Waals surface area (Å²) in [5, 5.41) is 2.43. The molecule has 1 aromatic rings. The second-order valence-electron chi connectivity index (χ2n) is 5.90. The van der Waals surface area contributed by atoms with Gasteiger partial charge in [-0.1, -0.05) is 0 Å². The van der Waals surface area contributed by atoms with Crippen molar-refractivity contribution < 1.29 is 28.6 Å². The van der Waals surface area contributed by atoms with Crippen LogP contribution in [0.4, 0.5) is 5.69 Å². The molecular formula is C17H22N2O6. The van der Waals surface area contributed by atoms with Crippen LogP contribution in [-0.4, -0.2) is 43.2 Å². The fourth-order valence-electron chi connectivity index (χ4n) is 2.75. The number of pyridine rings is 1. The van der Waals surface area contributed by atoms with E-state index in [4.69, 9.17) is 9.47 Å². The van der Waals surface area contributed by atoms with Crippen molar-refractivity contribution in [2.45, 2.75) is 38.7 Å². The first-order valence-corrected chi connectivity index (χ1v) is 8.05. The number of ether oxygens (including phenoxy) is 3. The number of anilines is 1. The Balaban J connectivity index is 1.92. The third-order valence-corrected chi connectivity index (χ3v) is 4.20. The van der Waals surface area contributed by atoms with E-state index < -0.39 is 11.9 Å². The number of esters is 2. The van der Waals surface area contributed by atoms with Crippen LogP contribution in [0.5, 0.6) is 5.88 Å². The van der Waals surface area contributed by atoms with Crippen molar-refractivity contribution in [2.75, 3.05) is 19.5 Å². The molecule has 1 aliphatic rings. The van der Waals surface area contributed by atoms with Gasteiger partial charge in [-0.25, -0.2) is 9.78 Å². The van der Waals surface area contributed by atoms with Crippen molar-refractivity contribution in [3.05, 3.63) is 17.8 Å². The molecule has 8 heteroatoms. The van der Waals surface area contributed by atoms with Gasteiger partial charge in [0, 0.05) is 6.07 Å². The predicted octanol–water partition coefficient (Wildman–Crippen LogP) is 1.61. The number of rotatable bonds is 4. The number of hydrogen-bond acceptors (Lipinski definition) is 7. The van der Waals surface area contributed by atoms with Gasteiger partial charge in [-0.3, -0.25) is 9.59 Å². The molecule has 0 atom stereocenters. The second kappa shape index (κ2) is 8.46. The molecule has 1 aromatic heterocycles. The molecule has 0 spiro atoms. The van der Waals surface area contributed by atoms with Crippen molar-refractivity contribution in [3.63, 3.8) is 0 Å². The summed E-state index contributed by atoms with van der Waals surface area (Å²) in [6.45, 7) is 1.77. The van der Waals surface area contributed by atoms with Crippen LogP contribution in [-0.2, 0) is 23.9 Å². The zero-order chi connectivity index (χ0) is 18.4. The van der Waals surface area contributed by atoms with Gasteiger partial charge >= 0.3 is 17.8 Å². The average Bonchev–Trinajstić information content (AvgIpc) is 2.63.